The Morgan fingerprint density at radius 1 is 1.03 bits per heavy atom. The molecule has 3 aromatic carbocycles. The third-order valence-corrected chi connectivity index (χ3v) is 6.44. The number of nitrogens with one attached hydrogen (secondary N) is 1. The van der Waals surface area contributed by atoms with Crippen molar-refractivity contribution in [3.63, 3.8) is 0 Å². The lowest BCUT2D eigenvalue weighted by Gasteiger charge is -2.13. The summed E-state index contributed by atoms with van der Waals surface area (Å²) in [6.07, 6.45) is 1.45. The Morgan fingerprint density at radius 2 is 1.76 bits per heavy atom. The van der Waals surface area contributed by atoms with Gasteiger partial charge < -0.3 is 14.8 Å². The van der Waals surface area contributed by atoms with E-state index in [1.165, 1.54) is 13.2 Å². The number of hydrogen-bond acceptors (Lipinski definition) is 6. The minimum Gasteiger partial charge on any atom is -0.493 e. The van der Waals surface area contributed by atoms with Gasteiger partial charge in [0.15, 0.2) is 29.0 Å². The highest BCUT2D eigenvalue weighted by molar-refractivity contribution is 8.18. The van der Waals surface area contributed by atoms with Crippen molar-refractivity contribution in [1.29, 1.82) is 0 Å². The maximum absolute atomic E-state index is 13.8. The van der Waals surface area contributed by atoms with Crippen molar-refractivity contribution in [2.24, 2.45) is 0 Å². The molecule has 4 rings (SSSR count). The molecular formula is C26H18ClF3N2O5S. The molecule has 0 spiro atoms. The number of hydrogen-bond donors (Lipinski definition) is 1. The molecule has 1 N–H and O–H groups in total. The second-order valence-corrected chi connectivity index (χ2v) is 9.29. The number of carbonyl (C=O) groups is 3. The number of ether oxygens (including phenoxy) is 2. The molecule has 0 atom stereocenters. The molecule has 0 saturated carbocycles. The summed E-state index contributed by atoms with van der Waals surface area (Å²) in [5, 5.41) is 1.91. The smallest absolute Gasteiger partial charge is 0.294 e. The number of methoxy groups -OCH3 is 1. The van der Waals surface area contributed by atoms with Crippen LogP contribution in [0.5, 0.6) is 11.5 Å². The largest absolute Gasteiger partial charge is 0.493 e. The molecule has 1 heterocycles. The lowest BCUT2D eigenvalue weighted by atomic mass is 10.1. The number of carbonyl (C=O) groups excluding carboxylic acids is 3. The van der Waals surface area contributed by atoms with Gasteiger partial charge in [-0.3, -0.25) is 19.3 Å². The van der Waals surface area contributed by atoms with Crippen LogP contribution in [-0.2, 0) is 16.2 Å². The van der Waals surface area contributed by atoms with Gasteiger partial charge in [0.25, 0.3) is 11.1 Å². The van der Waals surface area contributed by atoms with Crippen molar-refractivity contribution < 1.29 is 37.0 Å². The maximum Gasteiger partial charge on any atom is 0.294 e. The van der Waals surface area contributed by atoms with Crippen LogP contribution in [0.1, 0.15) is 11.1 Å². The molecule has 1 saturated heterocycles. The molecule has 0 aromatic heterocycles. The Kier molecular flexibility index (Phi) is 8.28. The number of anilines is 1. The van der Waals surface area contributed by atoms with E-state index in [1.54, 1.807) is 30.3 Å². The Hall–Kier alpha value is -3.96. The summed E-state index contributed by atoms with van der Waals surface area (Å²) < 4.78 is 51.5. The van der Waals surface area contributed by atoms with E-state index in [2.05, 4.69) is 0 Å². The highest BCUT2D eigenvalue weighted by Gasteiger charge is 2.36. The first-order valence-electron chi connectivity index (χ1n) is 10.9. The Balaban J connectivity index is 1.43. The van der Waals surface area contributed by atoms with Gasteiger partial charge in [-0.05, 0) is 65.4 Å². The Morgan fingerprint density at radius 3 is 2.47 bits per heavy atom. The van der Waals surface area contributed by atoms with Gasteiger partial charge in [-0.15, -0.1) is 0 Å². The Bertz CT molecular complexity index is 1450. The van der Waals surface area contributed by atoms with Gasteiger partial charge in [0.05, 0.1) is 17.7 Å². The average Bonchev–Trinajstić information content (AvgIpc) is 3.16. The van der Waals surface area contributed by atoms with Gasteiger partial charge in [0.1, 0.15) is 13.2 Å². The van der Waals surface area contributed by atoms with Crippen molar-refractivity contribution in [3.8, 4) is 11.5 Å². The minimum absolute atomic E-state index is 0.0405. The number of benzene rings is 3. The summed E-state index contributed by atoms with van der Waals surface area (Å²) in [6, 6.07) is 13.5. The van der Waals surface area contributed by atoms with Gasteiger partial charge in [0.2, 0.25) is 5.91 Å². The predicted molar refractivity (Wildman–Crippen MR) is 136 cm³/mol. The zero-order chi connectivity index (χ0) is 27.4. The molecule has 0 radical (unpaired) electrons. The van der Waals surface area contributed by atoms with Crippen LogP contribution in [0.2, 0.25) is 5.02 Å². The van der Waals surface area contributed by atoms with E-state index in [-0.39, 0.29) is 11.5 Å². The summed E-state index contributed by atoms with van der Waals surface area (Å²) in [7, 11) is 1.45. The van der Waals surface area contributed by atoms with Crippen LogP contribution in [0.25, 0.3) is 6.08 Å². The molecule has 38 heavy (non-hydrogen) atoms. The third-order valence-electron chi connectivity index (χ3n) is 5.28. The van der Waals surface area contributed by atoms with E-state index in [4.69, 9.17) is 21.1 Å². The quantitative estimate of drug-likeness (QED) is 0.267. The summed E-state index contributed by atoms with van der Waals surface area (Å²) in [5.74, 6) is -5.65. The second-order valence-electron chi connectivity index (χ2n) is 7.86. The van der Waals surface area contributed by atoms with Crippen molar-refractivity contribution in [1.82, 2.24) is 4.90 Å². The number of thioether (sulfide) groups is 1. The van der Waals surface area contributed by atoms with Crippen LogP contribution in [0.3, 0.4) is 0 Å². The summed E-state index contributed by atoms with van der Waals surface area (Å²) in [4.78, 5) is 38.1. The molecular weight excluding hydrogens is 545 g/mol. The highest BCUT2D eigenvalue weighted by Crippen LogP contribution is 2.35. The molecule has 3 aromatic rings. The number of nitrogens with zero attached hydrogens (tertiary/aromatic N) is 1. The molecule has 12 heteroatoms. The van der Waals surface area contributed by atoms with Crippen molar-refractivity contribution in [3.05, 3.63) is 93.1 Å². The van der Waals surface area contributed by atoms with Gasteiger partial charge in [-0.1, -0.05) is 29.8 Å². The van der Waals surface area contributed by atoms with Crippen LogP contribution in [0, 0.1) is 17.5 Å². The molecule has 0 aliphatic carbocycles. The molecule has 1 aliphatic heterocycles. The fourth-order valence-corrected chi connectivity index (χ4v) is 4.34. The number of rotatable bonds is 8. The van der Waals surface area contributed by atoms with Gasteiger partial charge >= 0.3 is 0 Å². The van der Waals surface area contributed by atoms with Gasteiger partial charge in [-0.25, -0.2) is 13.2 Å². The molecule has 0 bridgehead atoms. The monoisotopic (exact) mass is 562 g/mol. The topological polar surface area (TPSA) is 84.9 Å². The first-order chi connectivity index (χ1) is 18.2. The van der Waals surface area contributed by atoms with Crippen LogP contribution in [0.4, 0.5) is 23.7 Å². The summed E-state index contributed by atoms with van der Waals surface area (Å²) >= 11 is 6.50. The van der Waals surface area contributed by atoms with E-state index in [0.29, 0.717) is 44.8 Å². The first kappa shape index (κ1) is 27.1. The van der Waals surface area contributed by atoms with Crippen LogP contribution in [0.15, 0.2) is 59.5 Å². The number of halogens is 4. The van der Waals surface area contributed by atoms with Crippen molar-refractivity contribution in [2.75, 3.05) is 19.0 Å². The van der Waals surface area contributed by atoms with E-state index in [1.807, 2.05) is 17.4 Å². The fourth-order valence-electron chi connectivity index (χ4n) is 3.38. The van der Waals surface area contributed by atoms with Gasteiger partial charge in [0, 0.05) is 5.02 Å². The zero-order valence-electron chi connectivity index (χ0n) is 19.6. The molecule has 1 fully saturated rings. The van der Waals surface area contributed by atoms with Gasteiger partial charge in [-0.2, -0.15) is 0 Å². The molecule has 0 unspecified atom stereocenters. The standard InChI is InChI=1S/C26H18ClF3N2O5S/c1-36-20-10-15(4-9-19(20)37-13-14-2-5-16(27)6-3-14)11-21-25(34)32(26(35)38-21)12-22(33)31-18-8-7-17(28)23(29)24(18)30/h2-11H,12-13H2,1H3,(H,31,33)/b21-11+. The van der Waals surface area contributed by atoms with E-state index in [9.17, 15) is 27.6 Å². The fraction of sp³-hybridized carbons (Fsp3) is 0.115. The highest BCUT2D eigenvalue weighted by atomic mass is 35.5. The predicted octanol–water partition coefficient (Wildman–Crippen LogP) is 6.02. The summed E-state index contributed by atoms with van der Waals surface area (Å²) in [5.41, 5.74) is 0.798. The molecule has 1 aliphatic rings. The first-order valence-corrected chi connectivity index (χ1v) is 12.1. The molecule has 3 amide bonds. The van der Waals surface area contributed by atoms with E-state index >= 15 is 0 Å². The van der Waals surface area contributed by atoms with E-state index in [0.717, 1.165) is 11.6 Å². The van der Waals surface area contributed by atoms with Crippen molar-refractivity contribution >= 4 is 52.2 Å². The minimum atomic E-state index is -1.76. The number of imide groups is 1. The molecule has 7 nitrogen and oxygen atoms in total. The van der Waals surface area contributed by atoms with Crippen LogP contribution in [-0.4, -0.2) is 35.6 Å². The Labute approximate surface area is 224 Å². The second kappa shape index (κ2) is 11.6. The SMILES string of the molecule is COc1cc(/C=C2/SC(=O)N(CC(=O)Nc3ccc(F)c(F)c3F)C2=O)ccc1OCc1ccc(Cl)cc1. The van der Waals surface area contributed by atoms with Crippen molar-refractivity contribution in [2.45, 2.75) is 6.61 Å². The number of amides is 3. The summed E-state index contributed by atoms with van der Waals surface area (Å²) in [6.45, 7) is -0.483. The van der Waals surface area contributed by atoms with Crippen LogP contribution >= 0.6 is 23.4 Å². The third kappa shape index (κ3) is 6.12. The lowest BCUT2D eigenvalue weighted by molar-refractivity contribution is -0.127. The molecule has 196 valence electrons. The lowest BCUT2D eigenvalue weighted by Crippen LogP contribution is -2.36. The van der Waals surface area contributed by atoms with E-state index < -0.39 is 46.7 Å². The average molecular weight is 563 g/mol. The normalized spacial score (nSPS) is 14.2. The van der Waals surface area contributed by atoms with Crippen LogP contribution < -0.4 is 14.8 Å². The maximum atomic E-state index is 13.8. The zero-order valence-corrected chi connectivity index (χ0v) is 21.2.